The predicted octanol–water partition coefficient (Wildman–Crippen LogP) is 3.49. The fourth-order valence-corrected chi connectivity index (χ4v) is 2.27. The predicted molar refractivity (Wildman–Crippen MR) is 86.7 cm³/mol. The van der Waals surface area contributed by atoms with E-state index in [0.29, 0.717) is 16.6 Å². The van der Waals surface area contributed by atoms with Crippen molar-refractivity contribution < 1.29 is 4.79 Å². The maximum absolute atomic E-state index is 12.3. The van der Waals surface area contributed by atoms with Gasteiger partial charge in [0.25, 0.3) is 5.91 Å². The number of carbonyl (C=O) groups excluding carboxylic acids is 1. The van der Waals surface area contributed by atoms with E-state index in [1.165, 1.54) is 0 Å². The molecule has 1 heterocycles. The van der Waals surface area contributed by atoms with Gasteiger partial charge in [-0.05, 0) is 59.0 Å². The Bertz CT molecular complexity index is 766. The summed E-state index contributed by atoms with van der Waals surface area (Å²) in [6.07, 6.45) is 3.20. The molecule has 0 bridgehead atoms. The molecular formula is C15H10IN3O. The SMILES string of the molecule is O=C(Nc1ccc(I)cc1)c1cccc2nccnc12. The van der Waals surface area contributed by atoms with Gasteiger partial charge in [0.1, 0.15) is 5.52 Å². The van der Waals surface area contributed by atoms with E-state index in [0.717, 1.165) is 9.26 Å². The molecule has 3 aromatic rings. The molecule has 0 saturated carbocycles. The van der Waals surface area contributed by atoms with E-state index in [1.54, 1.807) is 24.5 Å². The first-order valence-corrected chi connectivity index (χ1v) is 7.08. The molecule has 0 aliphatic heterocycles. The molecule has 3 rings (SSSR count). The zero-order chi connectivity index (χ0) is 13.9. The molecule has 0 radical (unpaired) electrons. The quantitative estimate of drug-likeness (QED) is 0.698. The number of hydrogen-bond acceptors (Lipinski definition) is 3. The number of halogens is 1. The lowest BCUT2D eigenvalue weighted by Gasteiger charge is -2.07. The molecule has 98 valence electrons. The summed E-state index contributed by atoms with van der Waals surface area (Å²) >= 11 is 2.22. The minimum absolute atomic E-state index is 0.183. The Labute approximate surface area is 129 Å². The maximum atomic E-state index is 12.3. The average molecular weight is 375 g/mol. The first-order chi connectivity index (χ1) is 9.74. The van der Waals surface area contributed by atoms with Crippen LogP contribution >= 0.6 is 22.6 Å². The fraction of sp³-hybridized carbons (Fsp3) is 0. The zero-order valence-electron chi connectivity index (χ0n) is 10.4. The van der Waals surface area contributed by atoms with Crippen molar-refractivity contribution >= 4 is 45.2 Å². The van der Waals surface area contributed by atoms with Crippen molar-refractivity contribution in [2.75, 3.05) is 5.32 Å². The van der Waals surface area contributed by atoms with Crippen molar-refractivity contribution in [2.45, 2.75) is 0 Å². The van der Waals surface area contributed by atoms with Crippen LogP contribution in [0.1, 0.15) is 10.4 Å². The van der Waals surface area contributed by atoms with E-state index in [2.05, 4.69) is 37.9 Å². The lowest BCUT2D eigenvalue weighted by Crippen LogP contribution is -2.12. The van der Waals surface area contributed by atoms with Crippen molar-refractivity contribution in [3.63, 3.8) is 0 Å². The largest absolute Gasteiger partial charge is 0.322 e. The summed E-state index contributed by atoms with van der Waals surface area (Å²) in [4.78, 5) is 20.8. The lowest BCUT2D eigenvalue weighted by molar-refractivity contribution is 0.102. The molecule has 1 aromatic heterocycles. The van der Waals surface area contributed by atoms with Gasteiger partial charge in [0.2, 0.25) is 0 Å². The molecular weight excluding hydrogens is 365 g/mol. The fourth-order valence-electron chi connectivity index (χ4n) is 1.91. The van der Waals surface area contributed by atoms with Crippen LogP contribution in [0, 0.1) is 3.57 Å². The zero-order valence-corrected chi connectivity index (χ0v) is 12.5. The highest BCUT2D eigenvalue weighted by Gasteiger charge is 2.11. The highest BCUT2D eigenvalue weighted by atomic mass is 127. The third-order valence-electron chi connectivity index (χ3n) is 2.85. The second-order valence-corrected chi connectivity index (χ2v) is 5.44. The molecule has 5 heteroatoms. The Balaban J connectivity index is 1.94. The molecule has 0 spiro atoms. The Morgan fingerprint density at radius 3 is 2.55 bits per heavy atom. The Morgan fingerprint density at radius 1 is 1.00 bits per heavy atom. The Hall–Kier alpha value is -2.02. The van der Waals surface area contributed by atoms with E-state index in [9.17, 15) is 4.79 Å². The normalized spacial score (nSPS) is 10.4. The van der Waals surface area contributed by atoms with Gasteiger partial charge < -0.3 is 5.32 Å². The highest BCUT2D eigenvalue weighted by molar-refractivity contribution is 14.1. The van der Waals surface area contributed by atoms with Crippen molar-refractivity contribution in [1.29, 1.82) is 0 Å². The molecule has 0 fully saturated rings. The Kier molecular flexibility index (Phi) is 3.60. The van der Waals surface area contributed by atoms with E-state index in [-0.39, 0.29) is 5.91 Å². The van der Waals surface area contributed by atoms with Crippen LogP contribution in [0.4, 0.5) is 5.69 Å². The minimum atomic E-state index is -0.183. The first-order valence-electron chi connectivity index (χ1n) is 6.01. The van der Waals surface area contributed by atoms with Crippen LogP contribution in [-0.4, -0.2) is 15.9 Å². The van der Waals surface area contributed by atoms with Gasteiger partial charge in [-0.1, -0.05) is 6.07 Å². The van der Waals surface area contributed by atoms with Gasteiger partial charge in [0.05, 0.1) is 11.1 Å². The van der Waals surface area contributed by atoms with E-state index in [1.807, 2.05) is 30.3 Å². The Morgan fingerprint density at radius 2 is 1.75 bits per heavy atom. The van der Waals surface area contributed by atoms with Crippen molar-refractivity contribution in [3.8, 4) is 0 Å². The molecule has 0 unspecified atom stereocenters. The van der Waals surface area contributed by atoms with Crippen LogP contribution in [0.25, 0.3) is 11.0 Å². The summed E-state index contributed by atoms with van der Waals surface area (Å²) in [5, 5.41) is 2.87. The monoisotopic (exact) mass is 375 g/mol. The third-order valence-corrected chi connectivity index (χ3v) is 3.56. The topological polar surface area (TPSA) is 54.9 Å². The number of hydrogen-bond donors (Lipinski definition) is 1. The third kappa shape index (κ3) is 2.62. The summed E-state index contributed by atoms with van der Waals surface area (Å²) in [6.45, 7) is 0. The van der Waals surface area contributed by atoms with Crippen molar-refractivity contribution in [2.24, 2.45) is 0 Å². The van der Waals surface area contributed by atoms with Crippen LogP contribution in [0.15, 0.2) is 54.9 Å². The number of rotatable bonds is 2. The number of amides is 1. The first kappa shape index (κ1) is 13.0. The summed E-state index contributed by atoms with van der Waals surface area (Å²) in [5.41, 5.74) is 2.60. The highest BCUT2D eigenvalue weighted by Crippen LogP contribution is 2.17. The summed E-state index contributed by atoms with van der Waals surface area (Å²) in [5.74, 6) is -0.183. The number of aromatic nitrogens is 2. The van der Waals surface area contributed by atoms with Gasteiger partial charge in [0, 0.05) is 21.7 Å². The van der Waals surface area contributed by atoms with Crippen LogP contribution in [0.3, 0.4) is 0 Å². The summed E-state index contributed by atoms with van der Waals surface area (Å²) < 4.78 is 1.12. The molecule has 0 saturated heterocycles. The number of nitrogens with one attached hydrogen (secondary N) is 1. The number of anilines is 1. The summed E-state index contributed by atoms with van der Waals surface area (Å²) in [6, 6.07) is 13.0. The molecule has 20 heavy (non-hydrogen) atoms. The molecule has 1 amide bonds. The second-order valence-electron chi connectivity index (χ2n) is 4.19. The molecule has 0 aliphatic rings. The van der Waals surface area contributed by atoms with Crippen LogP contribution < -0.4 is 5.32 Å². The lowest BCUT2D eigenvalue weighted by atomic mass is 10.1. The summed E-state index contributed by atoms with van der Waals surface area (Å²) in [7, 11) is 0. The number of nitrogens with zero attached hydrogens (tertiary/aromatic N) is 2. The van der Waals surface area contributed by atoms with E-state index >= 15 is 0 Å². The van der Waals surface area contributed by atoms with Crippen LogP contribution in [0.5, 0.6) is 0 Å². The van der Waals surface area contributed by atoms with Crippen molar-refractivity contribution in [3.05, 3.63) is 64.0 Å². The number of benzene rings is 2. The van der Waals surface area contributed by atoms with E-state index < -0.39 is 0 Å². The van der Waals surface area contributed by atoms with Gasteiger partial charge in [-0.2, -0.15) is 0 Å². The van der Waals surface area contributed by atoms with Gasteiger partial charge in [-0.15, -0.1) is 0 Å². The van der Waals surface area contributed by atoms with Crippen LogP contribution in [0.2, 0.25) is 0 Å². The standard InChI is InChI=1S/C15H10IN3O/c16-10-4-6-11(7-5-10)19-15(20)12-2-1-3-13-14(12)18-9-8-17-13/h1-9H,(H,19,20). The molecule has 0 aliphatic carbocycles. The molecule has 0 atom stereocenters. The second kappa shape index (κ2) is 5.54. The smallest absolute Gasteiger partial charge is 0.257 e. The molecule has 2 aromatic carbocycles. The van der Waals surface area contributed by atoms with Gasteiger partial charge >= 0.3 is 0 Å². The van der Waals surface area contributed by atoms with E-state index in [4.69, 9.17) is 0 Å². The number of carbonyl (C=O) groups is 1. The average Bonchev–Trinajstić information content (AvgIpc) is 2.49. The van der Waals surface area contributed by atoms with Gasteiger partial charge in [-0.3, -0.25) is 14.8 Å². The van der Waals surface area contributed by atoms with Gasteiger partial charge in [0.15, 0.2) is 0 Å². The minimum Gasteiger partial charge on any atom is -0.322 e. The van der Waals surface area contributed by atoms with Crippen LogP contribution in [-0.2, 0) is 0 Å². The van der Waals surface area contributed by atoms with Gasteiger partial charge in [-0.25, -0.2) is 0 Å². The number of para-hydroxylation sites is 1. The van der Waals surface area contributed by atoms with Crippen molar-refractivity contribution in [1.82, 2.24) is 9.97 Å². The molecule has 1 N–H and O–H groups in total. The number of fused-ring (bicyclic) bond motifs is 1. The maximum Gasteiger partial charge on any atom is 0.257 e. The molecule has 4 nitrogen and oxygen atoms in total.